The predicted molar refractivity (Wildman–Crippen MR) is 66.2 cm³/mol. The molecular formula is C9H9BrF3N3O2S. The first-order valence-electron chi connectivity index (χ1n) is 5.27. The van der Waals surface area contributed by atoms with Crippen LogP contribution >= 0.6 is 27.3 Å². The minimum Gasteiger partial charge on any atom is -0.448 e. The van der Waals surface area contributed by atoms with Crippen LogP contribution < -0.4 is 5.32 Å². The highest BCUT2D eigenvalue weighted by Gasteiger charge is 2.37. The zero-order valence-electron chi connectivity index (χ0n) is 9.46. The van der Waals surface area contributed by atoms with Gasteiger partial charge in [0, 0.05) is 13.1 Å². The molecule has 1 N–H and O–H groups in total. The van der Waals surface area contributed by atoms with E-state index in [0.29, 0.717) is 26.2 Å². The molecule has 10 heteroatoms. The minimum atomic E-state index is -4.48. The van der Waals surface area contributed by atoms with E-state index >= 15 is 0 Å². The summed E-state index contributed by atoms with van der Waals surface area (Å²) in [5.41, 5.74) is -0.944. The maximum Gasteiger partial charge on any atom is 0.435 e. The fourth-order valence-electron chi connectivity index (χ4n) is 1.48. The molecule has 0 aliphatic carbocycles. The van der Waals surface area contributed by atoms with Gasteiger partial charge < -0.3 is 15.0 Å². The Morgan fingerprint density at radius 2 is 2.26 bits per heavy atom. The molecule has 1 aromatic heterocycles. The van der Waals surface area contributed by atoms with Gasteiger partial charge in [0.15, 0.2) is 10.8 Å². The number of hydrogen-bond acceptors (Lipinski definition) is 5. The molecule has 0 radical (unpaired) electrons. The first-order chi connectivity index (χ1) is 8.88. The summed E-state index contributed by atoms with van der Waals surface area (Å²) in [6, 6.07) is 0. The lowest BCUT2D eigenvalue weighted by atomic mass is 10.5. The third kappa shape index (κ3) is 3.50. The number of carbonyl (C=O) groups excluding carboxylic acids is 1. The van der Waals surface area contributed by atoms with E-state index in [1.54, 1.807) is 0 Å². The van der Waals surface area contributed by atoms with E-state index in [-0.39, 0.29) is 8.92 Å². The van der Waals surface area contributed by atoms with Crippen molar-refractivity contribution in [3.63, 3.8) is 0 Å². The van der Waals surface area contributed by atoms with Gasteiger partial charge >= 0.3 is 12.3 Å². The summed E-state index contributed by atoms with van der Waals surface area (Å²) in [5.74, 6) is 0. The number of alkyl halides is 3. The number of nitrogens with one attached hydrogen (secondary N) is 1. The summed E-state index contributed by atoms with van der Waals surface area (Å²) < 4.78 is 42.2. The molecule has 19 heavy (non-hydrogen) atoms. The van der Waals surface area contributed by atoms with Crippen LogP contribution in [-0.4, -0.2) is 42.2 Å². The van der Waals surface area contributed by atoms with Crippen molar-refractivity contribution in [2.75, 3.05) is 31.6 Å². The summed E-state index contributed by atoms with van der Waals surface area (Å²) in [6.45, 7) is 1.51. The maximum atomic E-state index is 12.5. The molecule has 0 bridgehead atoms. The second-order valence-corrected chi connectivity index (χ2v) is 5.98. The van der Waals surface area contributed by atoms with E-state index in [0.717, 1.165) is 11.3 Å². The van der Waals surface area contributed by atoms with E-state index in [9.17, 15) is 18.0 Å². The van der Waals surface area contributed by atoms with Crippen LogP contribution in [0.25, 0.3) is 0 Å². The van der Waals surface area contributed by atoms with Crippen molar-refractivity contribution in [2.24, 2.45) is 0 Å². The molecule has 1 aromatic rings. The maximum absolute atomic E-state index is 12.5. The van der Waals surface area contributed by atoms with Crippen LogP contribution in [0.1, 0.15) is 5.69 Å². The topological polar surface area (TPSA) is 54.5 Å². The van der Waals surface area contributed by atoms with Gasteiger partial charge in [-0.25, -0.2) is 9.78 Å². The Balaban J connectivity index is 1.88. The van der Waals surface area contributed by atoms with Gasteiger partial charge in [-0.1, -0.05) is 11.3 Å². The number of carbonyl (C=O) groups is 1. The number of halogens is 4. The van der Waals surface area contributed by atoms with E-state index in [2.05, 4.69) is 26.2 Å². The lowest BCUT2D eigenvalue weighted by molar-refractivity contribution is -0.141. The predicted octanol–water partition coefficient (Wildman–Crippen LogP) is 2.79. The molecule has 2 heterocycles. The van der Waals surface area contributed by atoms with Crippen LogP contribution in [0.5, 0.6) is 0 Å². The number of cyclic esters (lactones) is 1. The van der Waals surface area contributed by atoms with Gasteiger partial charge in [0.05, 0.1) is 6.54 Å². The van der Waals surface area contributed by atoms with Crippen LogP contribution in [0.2, 0.25) is 0 Å². The van der Waals surface area contributed by atoms with Gasteiger partial charge in [0.1, 0.15) is 10.4 Å². The number of thiazole rings is 1. The van der Waals surface area contributed by atoms with Gasteiger partial charge in [-0.3, -0.25) is 0 Å². The van der Waals surface area contributed by atoms with Gasteiger partial charge in [0.25, 0.3) is 0 Å². The Morgan fingerprint density at radius 1 is 1.53 bits per heavy atom. The largest absolute Gasteiger partial charge is 0.448 e. The summed E-state index contributed by atoms with van der Waals surface area (Å²) >= 11 is 3.70. The molecule has 0 aromatic carbocycles. The van der Waals surface area contributed by atoms with Crippen molar-refractivity contribution in [3.05, 3.63) is 9.48 Å². The molecule has 1 fully saturated rings. The second kappa shape index (κ2) is 5.53. The van der Waals surface area contributed by atoms with Crippen molar-refractivity contribution in [1.82, 2.24) is 9.88 Å². The van der Waals surface area contributed by atoms with Crippen LogP contribution in [0.15, 0.2) is 3.79 Å². The fourth-order valence-corrected chi connectivity index (χ4v) is 2.99. The van der Waals surface area contributed by atoms with Crippen molar-refractivity contribution < 1.29 is 22.7 Å². The Hall–Kier alpha value is -1.03. The van der Waals surface area contributed by atoms with Crippen LogP contribution in [0, 0.1) is 0 Å². The highest BCUT2D eigenvalue weighted by atomic mass is 79.9. The average Bonchev–Trinajstić information content (AvgIpc) is 2.85. The molecule has 0 unspecified atom stereocenters. The van der Waals surface area contributed by atoms with E-state index in [1.165, 1.54) is 4.90 Å². The third-order valence-corrected chi connectivity index (χ3v) is 4.02. The molecule has 1 saturated heterocycles. The monoisotopic (exact) mass is 359 g/mol. The highest BCUT2D eigenvalue weighted by Crippen LogP contribution is 2.39. The Labute approximate surface area is 118 Å². The zero-order chi connectivity index (χ0) is 14.0. The molecule has 1 amide bonds. The number of hydrogen-bond donors (Lipinski definition) is 1. The van der Waals surface area contributed by atoms with E-state index < -0.39 is 18.0 Å². The Morgan fingerprint density at radius 3 is 2.79 bits per heavy atom. The second-order valence-electron chi connectivity index (χ2n) is 3.67. The summed E-state index contributed by atoms with van der Waals surface area (Å²) in [4.78, 5) is 16.1. The lowest BCUT2D eigenvalue weighted by Gasteiger charge is -2.12. The molecular weight excluding hydrogens is 351 g/mol. The molecule has 1 aliphatic heterocycles. The Bertz CT molecular complexity index is 480. The normalized spacial score (nSPS) is 15.8. The molecule has 0 atom stereocenters. The highest BCUT2D eigenvalue weighted by molar-refractivity contribution is 9.11. The van der Waals surface area contributed by atoms with E-state index in [4.69, 9.17) is 4.74 Å². The van der Waals surface area contributed by atoms with Gasteiger partial charge in [-0.05, 0) is 15.9 Å². The number of nitrogens with zero attached hydrogens (tertiary/aromatic N) is 2. The van der Waals surface area contributed by atoms with E-state index in [1.807, 2.05) is 0 Å². The van der Waals surface area contributed by atoms with Gasteiger partial charge in [-0.2, -0.15) is 13.2 Å². The fraction of sp³-hybridized carbons (Fsp3) is 0.556. The van der Waals surface area contributed by atoms with Gasteiger partial charge in [0.2, 0.25) is 0 Å². The standard InChI is InChI=1S/C9H9BrF3N3O2S/c10-6-5(9(11,12)13)15-7(19-6)14-1-2-16-3-4-18-8(16)17/h1-4H2,(H,14,15). The summed E-state index contributed by atoms with van der Waals surface area (Å²) in [5, 5.41) is 2.91. The van der Waals surface area contributed by atoms with Crippen molar-refractivity contribution in [2.45, 2.75) is 6.18 Å². The number of rotatable bonds is 4. The average molecular weight is 360 g/mol. The van der Waals surface area contributed by atoms with Gasteiger partial charge in [-0.15, -0.1) is 0 Å². The van der Waals surface area contributed by atoms with Crippen LogP contribution in [0.4, 0.5) is 23.1 Å². The number of aromatic nitrogens is 1. The zero-order valence-corrected chi connectivity index (χ0v) is 11.9. The number of amides is 1. The first kappa shape index (κ1) is 14.4. The minimum absolute atomic E-state index is 0.0666. The van der Waals surface area contributed by atoms with Crippen molar-refractivity contribution in [1.29, 1.82) is 0 Å². The van der Waals surface area contributed by atoms with Crippen LogP contribution in [-0.2, 0) is 10.9 Å². The van der Waals surface area contributed by atoms with Crippen molar-refractivity contribution >= 4 is 38.5 Å². The quantitative estimate of drug-likeness (QED) is 0.897. The molecule has 0 saturated carbocycles. The SMILES string of the molecule is O=C1OCCN1CCNc1nc(C(F)(F)F)c(Br)s1. The summed E-state index contributed by atoms with van der Waals surface area (Å²) in [7, 11) is 0. The lowest BCUT2D eigenvalue weighted by Crippen LogP contribution is -2.29. The first-order valence-corrected chi connectivity index (χ1v) is 6.88. The molecule has 5 nitrogen and oxygen atoms in total. The number of ether oxygens (including phenoxy) is 1. The number of anilines is 1. The molecule has 106 valence electrons. The molecule has 1 aliphatic rings. The Kier molecular flexibility index (Phi) is 4.19. The molecule has 2 rings (SSSR count). The summed E-state index contributed by atoms with van der Waals surface area (Å²) in [6.07, 6.45) is -4.88. The van der Waals surface area contributed by atoms with Crippen LogP contribution in [0.3, 0.4) is 0 Å². The molecule has 0 spiro atoms. The van der Waals surface area contributed by atoms with Crippen molar-refractivity contribution in [3.8, 4) is 0 Å². The third-order valence-electron chi connectivity index (χ3n) is 2.36. The smallest absolute Gasteiger partial charge is 0.435 e.